The van der Waals surface area contributed by atoms with Crippen LogP contribution in [-0.4, -0.2) is 17.6 Å². The molecule has 3 aromatic carbocycles. The molecule has 8 heteroatoms. The Balaban J connectivity index is 1.60. The van der Waals surface area contributed by atoms with Crippen LogP contribution in [0.5, 0.6) is 0 Å². The molecule has 1 unspecified atom stereocenters. The number of hydrogen-bond donors (Lipinski definition) is 0. The molecule has 1 atom stereocenters. The highest BCUT2D eigenvalue weighted by Gasteiger charge is 2.60. The van der Waals surface area contributed by atoms with Gasteiger partial charge < -0.3 is 4.90 Å². The van der Waals surface area contributed by atoms with E-state index in [1.807, 2.05) is 37.3 Å². The van der Waals surface area contributed by atoms with Crippen LogP contribution in [0.4, 0.5) is 24.5 Å². The fourth-order valence-corrected chi connectivity index (χ4v) is 5.79. The number of benzene rings is 3. The summed E-state index contributed by atoms with van der Waals surface area (Å²) in [7, 11) is 0. The molecule has 1 fully saturated rings. The summed E-state index contributed by atoms with van der Waals surface area (Å²) in [6.45, 7) is 1.91. The first-order valence-electron chi connectivity index (χ1n) is 10.3. The monoisotopic (exact) mass is 468 g/mol. The van der Waals surface area contributed by atoms with Crippen LogP contribution in [0.1, 0.15) is 22.3 Å². The standard InChI is InChI=1S/C25H19F3N2O2S/c1-16-9-11-19(12-10-16)30-22(31)15-33-24(30)20-7-2-3-8-21(20)29(23(24)32)14-17-5-4-6-18(13-17)25(26,27)28/h2-13H,14-15H2,1H3. The average Bonchev–Trinajstić information content (AvgIpc) is 3.25. The maximum absolute atomic E-state index is 14.0. The van der Waals surface area contributed by atoms with Gasteiger partial charge >= 0.3 is 6.18 Å². The number of carbonyl (C=O) groups is 2. The Morgan fingerprint density at radius 3 is 2.42 bits per heavy atom. The van der Waals surface area contributed by atoms with Gasteiger partial charge in [0.15, 0.2) is 0 Å². The summed E-state index contributed by atoms with van der Waals surface area (Å²) in [6, 6.07) is 19.5. The molecule has 0 aromatic heterocycles. The van der Waals surface area contributed by atoms with Crippen molar-refractivity contribution in [2.24, 2.45) is 0 Å². The number of rotatable bonds is 3. The van der Waals surface area contributed by atoms with E-state index < -0.39 is 16.6 Å². The molecular weight excluding hydrogens is 449 g/mol. The van der Waals surface area contributed by atoms with E-state index in [0.29, 0.717) is 22.5 Å². The van der Waals surface area contributed by atoms with Crippen molar-refractivity contribution in [2.45, 2.75) is 24.5 Å². The van der Waals surface area contributed by atoms with Crippen molar-refractivity contribution < 1.29 is 22.8 Å². The largest absolute Gasteiger partial charge is 0.416 e. The van der Waals surface area contributed by atoms with Gasteiger partial charge in [0.2, 0.25) is 10.8 Å². The van der Waals surface area contributed by atoms with E-state index >= 15 is 0 Å². The topological polar surface area (TPSA) is 40.6 Å². The highest BCUT2D eigenvalue weighted by Crippen LogP contribution is 2.56. The van der Waals surface area contributed by atoms with Crippen molar-refractivity contribution >= 4 is 35.0 Å². The highest BCUT2D eigenvalue weighted by atomic mass is 32.2. The lowest BCUT2D eigenvalue weighted by Gasteiger charge is -2.33. The van der Waals surface area contributed by atoms with E-state index in [9.17, 15) is 22.8 Å². The molecule has 0 radical (unpaired) electrons. The number of para-hydroxylation sites is 1. The SMILES string of the molecule is Cc1ccc(N2C(=O)CSC23C(=O)N(Cc2cccc(C(F)(F)F)c2)c2ccccc23)cc1. The van der Waals surface area contributed by atoms with Gasteiger partial charge in [-0.3, -0.25) is 14.5 Å². The summed E-state index contributed by atoms with van der Waals surface area (Å²) >= 11 is 1.25. The average molecular weight is 469 g/mol. The van der Waals surface area contributed by atoms with Crippen molar-refractivity contribution in [2.75, 3.05) is 15.6 Å². The van der Waals surface area contributed by atoms with E-state index in [1.165, 1.54) is 27.6 Å². The van der Waals surface area contributed by atoms with Crippen LogP contribution in [0.3, 0.4) is 0 Å². The molecule has 2 aliphatic rings. The normalized spacial score (nSPS) is 20.1. The van der Waals surface area contributed by atoms with Gasteiger partial charge in [-0.15, -0.1) is 11.8 Å². The third kappa shape index (κ3) is 3.40. The number of amides is 2. The predicted molar refractivity (Wildman–Crippen MR) is 122 cm³/mol. The van der Waals surface area contributed by atoms with Gasteiger partial charge in [-0.1, -0.05) is 48.0 Å². The molecule has 4 nitrogen and oxygen atoms in total. The minimum absolute atomic E-state index is 0.0298. The fraction of sp³-hybridized carbons (Fsp3) is 0.200. The quantitative estimate of drug-likeness (QED) is 0.510. The summed E-state index contributed by atoms with van der Waals surface area (Å²) in [6.07, 6.45) is -4.47. The van der Waals surface area contributed by atoms with Crippen LogP contribution in [0.2, 0.25) is 0 Å². The Bertz CT molecular complexity index is 1260. The lowest BCUT2D eigenvalue weighted by molar-refractivity contribution is -0.137. The second-order valence-corrected chi connectivity index (χ2v) is 9.27. The zero-order valence-electron chi connectivity index (χ0n) is 17.6. The fourth-order valence-electron chi connectivity index (χ4n) is 4.43. The molecule has 2 heterocycles. The second kappa shape index (κ2) is 7.66. The summed E-state index contributed by atoms with van der Waals surface area (Å²) in [4.78, 5) is 28.7. The first kappa shape index (κ1) is 21.6. The molecule has 1 saturated heterocycles. The Hall–Kier alpha value is -3.26. The molecule has 0 saturated carbocycles. The van der Waals surface area contributed by atoms with E-state index in [4.69, 9.17) is 0 Å². The maximum atomic E-state index is 14.0. The smallest absolute Gasteiger partial charge is 0.304 e. The maximum Gasteiger partial charge on any atom is 0.416 e. The second-order valence-electron chi connectivity index (χ2n) is 8.10. The lowest BCUT2D eigenvalue weighted by Crippen LogP contribution is -2.49. The number of halogens is 3. The van der Waals surface area contributed by atoms with Gasteiger partial charge in [-0.2, -0.15) is 13.2 Å². The van der Waals surface area contributed by atoms with E-state index in [-0.39, 0.29) is 24.1 Å². The zero-order valence-corrected chi connectivity index (χ0v) is 18.4. The van der Waals surface area contributed by atoms with Gasteiger partial charge in [0.1, 0.15) is 0 Å². The molecule has 168 valence electrons. The molecule has 3 aromatic rings. The van der Waals surface area contributed by atoms with Crippen molar-refractivity contribution in [1.82, 2.24) is 0 Å². The number of aryl methyl sites for hydroxylation is 1. The van der Waals surface area contributed by atoms with Crippen molar-refractivity contribution in [3.05, 3.63) is 95.1 Å². The number of hydrogen-bond acceptors (Lipinski definition) is 3. The Labute approximate surface area is 193 Å². The number of thioether (sulfide) groups is 1. The molecule has 0 N–H and O–H groups in total. The molecule has 2 aliphatic heterocycles. The first-order valence-corrected chi connectivity index (χ1v) is 11.3. The van der Waals surface area contributed by atoms with Crippen LogP contribution in [0.25, 0.3) is 0 Å². The molecule has 5 rings (SSSR count). The predicted octanol–water partition coefficient (Wildman–Crippen LogP) is 5.49. The highest BCUT2D eigenvalue weighted by molar-refractivity contribution is 8.02. The van der Waals surface area contributed by atoms with Gasteiger partial charge in [0, 0.05) is 11.3 Å². The lowest BCUT2D eigenvalue weighted by atomic mass is 10.0. The molecule has 0 bridgehead atoms. The summed E-state index contributed by atoms with van der Waals surface area (Å²) < 4.78 is 39.7. The number of carbonyl (C=O) groups excluding carboxylic acids is 2. The number of anilines is 2. The van der Waals surface area contributed by atoms with Gasteiger partial charge in [-0.25, -0.2) is 0 Å². The van der Waals surface area contributed by atoms with Gasteiger partial charge in [0.05, 0.1) is 23.5 Å². The Morgan fingerprint density at radius 2 is 1.70 bits per heavy atom. The summed E-state index contributed by atoms with van der Waals surface area (Å²) in [5.74, 6) is -0.392. The molecular formula is C25H19F3N2O2S. The van der Waals surface area contributed by atoms with Crippen LogP contribution in [0.15, 0.2) is 72.8 Å². The third-order valence-corrected chi connectivity index (χ3v) is 7.34. The Morgan fingerprint density at radius 1 is 0.970 bits per heavy atom. The van der Waals surface area contributed by atoms with E-state index in [0.717, 1.165) is 17.7 Å². The van der Waals surface area contributed by atoms with Crippen LogP contribution >= 0.6 is 11.8 Å². The van der Waals surface area contributed by atoms with Crippen LogP contribution < -0.4 is 9.80 Å². The summed E-state index contributed by atoms with van der Waals surface area (Å²) in [5.41, 5.74) is 2.50. The molecule has 0 aliphatic carbocycles. The van der Waals surface area contributed by atoms with Crippen LogP contribution in [-0.2, 0) is 27.2 Å². The van der Waals surface area contributed by atoms with E-state index in [2.05, 4.69) is 0 Å². The van der Waals surface area contributed by atoms with Crippen molar-refractivity contribution in [1.29, 1.82) is 0 Å². The van der Waals surface area contributed by atoms with Crippen LogP contribution in [0, 0.1) is 6.92 Å². The summed E-state index contributed by atoms with van der Waals surface area (Å²) in [5, 5.41) is 0. The number of alkyl halides is 3. The number of fused-ring (bicyclic) bond motifs is 2. The van der Waals surface area contributed by atoms with Gasteiger partial charge in [-0.05, 0) is 42.8 Å². The third-order valence-electron chi connectivity index (χ3n) is 5.95. The van der Waals surface area contributed by atoms with Crippen molar-refractivity contribution in [3.8, 4) is 0 Å². The molecule has 1 spiro atoms. The zero-order chi connectivity index (χ0) is 23.4. The minimum atomic E-state index is -4.47. The van der Waals surface area contributed by atoms with E-state index in [1.54, 1.807) is 24.3 Å². The molecule has 2 amide bonds. The van der Waals surface area contributed by atoms with Gasteiger partial charge in [0.25, 0.3) is 5.91 Å². The number of nitrogens with zero attached hydrogens (tertiary/aromatic N) is 2. The minimum Gasteiger partial charge on any atom is -0.304 e. The first-order chi connectivity index (χ1) is 15.7. The van der Waals surface area contributed by atoms with Crippen molar-refractivity contribution in [3.63, 3.8) is 0 Å². The molecule has 33 heavy (non-hydrogen) atoms. The Kier molecular flexibility index (Phi) is 5.01.